The zero-order chi connectivity index (χ0) is 8.69. The minimum absolute atomic E-state index is 0.385. The van der Waals surface area contributed by atoms with Crippen molar-refractivity contribution in [1.29, 1.82) is 0 Å². The van der Waals surface area contributed by atoms with Gasteiger partial charge in [-0.1, -0.05) is 19.8 Å². The SMILES string of the molecule is CCCC[C@H](NC=O)C(=O)[O-]. The summed E-state index contributed by atoms with van der Waals surface area (Å²) in [6.07, 6.45) is 2.51. The molecule has 64 valence electrons. The van der Waals surface area contributed by atoms with Gasteiger partial charge in [-0.25, -0.2) is 0 Å². The number of aliphatic carboxylic acids is 1. The van der Waals surface area contributed by atoms with E-state index in [-0.39, 0.29) is 0 Å². The van der Waals surface area contributed by atoms with E-state index in [1.54, 1.807) is 0 Å². The van der Waals surface area contributed by atoms with E-state index in [9.17, 15) is 14.7 Å². The Kier molecular flexibility index (Phi) is 5.15. The Morgan fingerprint density at radius 3 is 2.73 bits per heavy atom. The van der Waals surface area contributed by atoms with Crippen molar-refractivity contribution < 1.29 is 14.7 Å². The van der Waals surface area contributed by atoms with Crippen LogP contribution < -0.4 is 10.4 Å². The second-order valence-corrected chi connectivity index (χ2v) is 2.30. The van der Waals surface area contributed by atoms with Gasteiger partial charge in [0.05, 0.1) is 12.0 Å². The van der Waals surface area contributed by atoms with Crippen LogP contribution in [-0.4, -0.2) is 18.4 Å². The normalized spacial score (nSPS) is 12.1. The second kappa shape index (κ2) is 5.70. The number of hydrogen-bond donors (Lipinski definition) is 1. The first-order chi connectivity index (χ1) is 5.22. The van der Waals surface area contributed by atoms with Crippen LogP contribution in [0.2, 0.25) is 0 Å². The first-order valence-corrected chi connectivity index (χ1v) is 3.63. The van der Waals surface area contributed by atoms with Crippen LogP contribution in [0.15, 0.2) is 0 Å². The largest absolute Gasteiger partial charge is 0.548 e. The summed E-state index contributed by atoms with van der Waals surface area (Å²) in [6, 6.07) is -0.826. The highest BCUT2D eigenvalue weighted by molar-refractivity contribution is 5.74. The van der Waals surface area contributed by atoms with Crippen molar-refractivity contribution in [2.45, 2.75) is 32.2 Å². The maximum atomic E-state index is 10.3. The van der Waals surface area contributed by atoms with E-state index >= 15 is 0 Å². The van der Waals surface area contributed by atoms with E-state index in [1.807, 2.05) is 6.92 Å². The Bertz CT molecular complexity index is 136. The maximum Gasteiger partial charge on any atom is 0.207 e. The third-order valence-corrected chi connectivity index (χ3v) is 1.40. The van der Waals surface area contributed by atoms with Crippen molar-refractivity contribution in [3.05, 3.63) is 0 Å². The van der Waals surface area contributed by atoms with Crippen molar-refractivity contribution in [2.24, 2.45) is 0 Å². The van der Waals surface area contributed by atoms with Crippen molar-refractivity contribution >= 4 is 12.4 Å². The fraction of sp³-hybridized carbons (Fsp3) is 0.714. The van der Waals surface area contributed by atoms with Crippen molar-refractivity contribution in [2.75, 3.05) is 0 Å². The number of hydrogen-bond acceptors (Lipinski definition) is 3. The van der Waals surface area contributed by atoms with E-state index in [4.69, 9.17) is 0 Å². The van der Waals surface area contributed by atoms with Gasteiger partial charge in [0, 0.05) is 0 Å². The number of carbonyl (C=O) groups is 2. The molecular weight excluding hydrogens is 146 g/mol. The Hall–Kier alpha value is -1.06. The van der Waals surface area contributed by atoms with Gasteiger partial charge in [-0.3, -0.25) is 4.79 Å². The molecule has 0 aromatic rings. The molecule has 0 aromatic carbocycles. The lowest BCUT2D eigenvalue weighted by Gasteiger charge is -2.15. The summed E-state index contributed by atoms with van der Waals surface area (Å²) in [6.45, 7) is 1.95. The summed E-state index contributed by atoms with van der Waals surface area (Å²) in [4.78, 5) is 20.1. The summed E-state index contributed by atoms with van der Waals surface area (Å²) >= 11 is 0. The molecule has 0 bridgehead atoms. The monoisotopic (exact) mass is 158 g/mol. The zero-order valence-corrected chi connectivity index (χ0v) is 6.50. The van der Waals surface area contributed by atoms with E-state index in [0.717, 1.165) is 12.8 Å². The molecule has 0 heterocycles. The van der Waals surface area contributed by atoms with Gasteiger partial charge < -0.3 is 15.2 Å². The molecule has 0 radical (unpaired) electrons. The van der Waals surface area contributed by atoms with Gasteiger partial charge in [-0.05, 0) is 6.42 Å². The molecule has 4 heteroatoms. The fourth-order valence-electron chi connectivity index (χ4n) is 0.760. The van der Waals surface area contributed by atoms with Crippen LogP contribution >= 0.6 is 0 Å². The summed E-state index contributed by atoms with van der Waals surface area (Å²) in [5, 5.41) is 12.4. The predicted octanol–water partition coefficient (Wildman–Crippen LogP) is -0.959. The van der Waals surface area contributed by atoms with Crippen LogP contribution in [0.25, 0.3) is 0 Å². The van der Waals surface area contributed by atoms with Crippen LogP contribution in [0.5, 0.6) is 0 Å². The third-order valence-electron chi connectivity index (χ3n) is 1.40. The first-order valence-electron chi connectivity index (χ1n) is 3.63. The molecule has 0 saturated carbocycles. The standard InChI is InChI=1S/C7H13NO3/c1-2-3-4-6(7(10)11)8-5-9/h5-6H,2-4H2,1H3,(H,8,9)(H,10,11)/p-1/t6-/m0/s1. The van der Waals surface area contributed by atoms with Crippen molar-refractivity contribution in [3.63, 3.8) is 0 Å². The van der Waals surface area contributed by atoms with Gasteiger partial charge in [0.15, 0.2) is 0 Å². The highest BCUT2D eigenvalue weighted by Crippen LogP contribution is 1.98. The molecule has 4 nitrogen and oxygen atoms in total. The molecule has 0 aliphatic heterocycles. The summed E-state index contributed by atoms with van der Waals surface area (Å²) in [5.41, 5.74) is 0. The van der Waals surface area contributed by atoms with Gasteiger partial charge in [0.1, 0.15) is 0 Å². The lowest BCUT2D eigenvalue weighted by molar-refractivity contribution is -0.308. The van der Waals surface area contributed by atoms with Gasteiger partial charge in [0.25, 0.3) is 0 Å². The Morgan fingerprint density at radius 2 is 2.36 bits per heavy atom. The minimum atomic E-state index is -1.22. The van der Waals surface area contributed by atoms with E-state index in [1.165, 1.54) is 0 Å². The smallest absolute Gasteiger partial charge is 0.207 e. The molecule has 0 rings (SSSR count). The summed E-state index contributed by atoms with van der Waals surface area (Å²) < 4.78 is 0. The molecule has 1 atom stereocenters. The van der Waals surface area contributed by atoms with Gasteiger partial charge in [-0.15, -0.1) is 0 Å². The number of amides is 1. The molecule has 0 aliphatic carbocycles. The van der Waals surface area contributed by atoms with E-state index in [2.05, 4.69) is 5.32 Å². The molecule has 0 aromatic heterocycles. The molecule has 1 amide bonds. The van der Waals surface area contributed by atoms with Crippen LogP contribution in [0.3, 0.4) is 0 Å². The van der Waals surface area contributed by atoms with Crippen LogP contribution in [0, 0.1) is 0 Å². The number of nitrogens with one attached hydrogen (secondary N) is 1. The highest BCUT2D eigenvalue weighted by atomic mass is 16.4. The second-order valence-electron chi connectivity index (χ2n) is 2.30. The molecular formula is C7H12NO3-. The Balaban J connectivity index is 3.69. The molecule has 0 saturated heterocycles. The topological polar surface area (TPSA) is 69.2 Å². The predicted molar refractivity (Wildman–Crippen MR) is 37.5 cm³/mol. The van der Waals surface area contributed by atoms with E-state index < -0.39 is 12.0 Å². The van der Waals surface area contributed by atoms with Crippen LogP contribution in [-0.2, 0) is 9.59 Å². The molecule has 0 fully saturated rings. The molecule has 1 N–H and O–H groups in total. The van der Waals surface area contributed by atoms with Gasteiger partial charge in [-0.2, -0.15) is 0 Å². The van der Waals surface area contributed by atoms with E-state index in [0.29, 0.717) is 12.8 Å². The molecule has 0 aliphatic rings. The summed E-state index contributed by atoms with van der Waals surface area (Å²) in [7, 11) is 0. The zero-order valence-electron chi connectivity index (χ0n) is 6.50. The first kappa shape index (κ1) is 9.94. The van der Waals surface area contributed by atoms with Crippen molar-refractivity contribution in [3.8, 4) is 0 Å². The fourth-order valence-corrected chi connectivity index (χ4v) is 0.760. The van der Waals surface area contributed by atoms with Gasteiger partial charge >= 0.3 is 0 Å². The average molecular weight is 158 g/mol. The molecule has 11 heavy (non-hydrogen) atoms. The number of unbranched alkanes of at least 4 members (excludes halogenated alkanes) is 1. The maximum absolute atomic E-state index is 10.3. The lowest BCUT2D eigenvalue weighted by Crippen LogP contribution is -2.44. The lowest BCUT2D eigenvalue weighted by atomic mass is 10.1. The Morgan fingerprint density at radius 1 is 1.73 bits per heavy atom. The van der Waals surface area contributed by atoms with Gasteiger partial charge in [0.2, 0.25) is 6.41 Å². The number of carbonyl (C=O) groups excluding carboxylic acids is 2. The average Bonchev–Trinajstić information content (AvgIpc) is 1.97. The number of carboxylic acids is 1. The molecule has 0 unspecified atom stereocenters. The summed E-state index contributed by atoms with van der Waals surface area (Å²) in [5.74, 6) is -1.22. The van der Waals surface area contributed by atoms with Crippen LogP contribution in [0.4, 0.5) is 0 Å². The number of rotatable bonds is 6. The molecule has 0 spiro atoms. The third kappa shape index (κ3) is 4.36. The number of carboxylic acid groups (broad SMARTS) is 1. The van der Waals surface area contributed by atoms with Crippen LogP contribution in [0.1, 0.15) is 26.2 Å². The highest BCUT2D eigenvalue weighted by Gasteiger charge is 2.05. The quantitative estimate of drug-likeness (QED) is 0.506. The minimum Gasteiger partial charge on any atom is -0.548 e. The van der Waals surface area contributed by atoms with Crippen molar-refractivity contribution in [1.82, 2.24) is 5.32 Å². The Labute approximate surface area is 65.6 Å².